The molecule has 0 heterocycles. The average Bonchev–Trinajstić information content (AvgIpc) is 2.27. The number of rotatable bonds is 5. The number of hydrogen-bond acceptors (Lipinski definition) is 3. The standard InChI is InChI=1S/C11H14F3NO3S/c1-15(19(2,16)17)7-8-18-10-6-4-3-5-9(10)11(12,13)14/h3-6H,7-8H2,1-2H3. The Morgan fingerprint density at radius 2 is 1.84 bits per heavy atom. The number of hydrogen-bond donors (Lipinski definition) is 0. The Morgan fingerprint density at radius 3 is 2.37 bits per heavy atom. The third-order valence-corrected chi connectivity index (χ3v) is 3.74. The molecule has 0 aliphatic heterocycles. The molecule has 0 saturated heterocycles. The lowest BCUT2D eigenvalue weighted by Gasteiger charge is -2.16. The van der Waals surface area contributed by atoms with E-state index in [0.29, 0.717) is 0 Å². The highest BCUT2D eigenvalue weighted by molar-refractivity contribution is 7.88. The second-order valence-corrected chi connectivity index (χ2v) is 6.02. The zero-order valence-corrected chi connectivity index (χ0v) is 11.3. The van der Waals surface area contributed by atoms with E-state index in [-0.39, 0.29) is 18.9 Å². The summed E-state index contributed by atoms with van der Waals surface area (Å²) in [5, 5.41) is 0. The van der Waals surface area contributed by atoms with Crippen LogP contribution in [-0.4, -0.2) is 39.2 Å². The van der Waals surface area contributed by atoms with Crippen LogP contribution in [-0.2, 0) is 16.2 Å². The molecular weight excluding hydrogens is 283 g/mol. The van der Waals surface area contributed by atoms with E-state index in [1.165, 1.54) is 25.2 Å². The molecule has 0 aliphatic rings. The number of nitrogens with zero attached hydrogens (tertiary/aromatic N) is 1. The van der Waals surface area contributed by atoms with Gasteiger partial charge in [0.05, 0.1) is 11.8 Å². The SMILES string of the molecule is CN(CCOc1ccccc1C(F)(F)F)S(C)(=O)=O. The first-order valence-corrected chi connectivity index (χ1v) is 7.17. The maximum absolute atomic E-state index is 12.6. The normalized spacial score (nSPS) is 12.7. The van der Waals surface area contributed by atoms with Crippen molar-refractivity contribution in [2.75, 3.05) is 26.5 Å². The Bertz CT molecular complexity index is 528. The Hall–Kier alpha value is -1.28. The van der Waals surface area contributed by atoms with Crippen molar-refractivity contribution in [1.82, 2.24) is 4.31 Å². The van der Waals surface area contributed by atoms with Crippen molar-refractivity contribution in [3.8, 4) is 5.75 Å². The molecule has 0 aliphatic carbocycles. The summed E-state index contributed by atoms with van der Waals surface area (Å²) in [5.74, 6) is -0.308. The van der Waals surface area contributed by atoms with E-state index in [2.05, 4.69) is 0 Å². The number of para-hydroxylation sites is 1. The fourth-order valence-corrected chi connectivity index (χ4v) is 1.68. The fourth-order valence-electron chi connectivity index (χ4n) is 1.28. The van der Waals surface area contributed by atoms with E-state index in [1.54, 1.807) is 0 Å². The van der Waals surface area contributed by atoms with Crippen LogP contribution in [0.15, 0.2) is 24.3 Å². The molecule has 0 unspecified atom stereocenters. The van der Waals surface area contributed by atoms with Gasteiger partial charge in [-0.05, 0) is 12.1 Å². The first-order chi connectivity index (χ1) is 8.62. The minimum absolute atomic E-state index is 0.0228. The molecule has 0 atom stereocenters. The van der Waals surface area contributed by atoms with E-state index in [1.807, 2.05) is 0 Å². The maximum atomic E-state index is 12.6. The van der Waals surface area contributed by atoms with E-state index in [0.717, 1.165) is 16.6 Å². The number of alkyl halides is 3. The van der Waals surface area contributed by atoms with Crippen LogP contribution in [0.4, 0.5) is 13.2 Å². The Balaban J connectivity index is 2.70. The average molecular weight is 297 g/mol. The minimum atomic E-state index is -4.50. The minimum Gasteiger partial charge on any atom is -0.492 e. The van der Waals surface area contributed by atoms with E-state index in [4.69, 9.17) is 4.74 Å². The zero-order valence-electron chi connectivity index (χ0n) is 10.4. The lowest BCUT2D eigenvalue weighted by molar-refractivity contribution is -0.138. The van der Waals surface area contributed by atoms with Gasteiger partial charge in [0.15, 0.2) is 0 Å². The second kappa shape index (κ2) is 5.79. The van der Waals surface area contributed by atoms with Gasteiger partial charge in [0.1, 0.15) is 12.4 Å². The second-order valence-electron chi connectivity index (χ2n) is 3.93. The quantitative estimate of drug-likeness (QED) is 0.835. The van der Waals surface area contributed by atoms with Crippen LogP contribution in [0.1, 0.15) is 5.56 Å². The highest BCUT2D eigenvalue weighted by Crippen LogP contribution is 2.35. The molecule has 0 saturated carbocycles. The summed E-state index contributed by atoms with van der Waals surface area (Å²) < 4.78 is 66.1. The Kier molecular flexibility index (Phi) is 4.81. The van der Waals surface area contributed by atoms with E-state index in [9.17, 15) is 21.6 Å². The van der Waals surface area contributed by atoms with Crippen LogP contribution in [0.5, 0.6) is 5.75 Å². The van der Waals surface area contributed by atoms with Gasteiger partial charge in [0.2, 0.25) is 10.0 Å². The molecule has 19 heavy (non-hydrogen) atoms. The van der Waals surface area contributed by atoms with Crippen molar-refractivity contribution >= 4 is 10.0 Å². The largest absolute Gasteiger partial charge is 0.492 e. The molecule has 4 nitrogen and oxygen atoms in total. The molecule has 1 aromatic carbocycles. The predicted molar refractivity (Wildman–Crippen MR) is 64.4 cm³/mol. The monoisotopic (exact) mass is 297 g/mol. The van der Waals surface area contributed by atoms with Crippen molar-refractivity contribution in [2.45, 2.75) is 6.18 Å². The van der Waals surface area contributed by atoms with Crippen molar-refractivity contribution in [2.24, 2.45) is 0 Å². The molecule has 0 spiro atoms. The molecule has 108 valence electrons. The van der Waals surface area contributed by atoms with Gasteiger partial charge in [-0.2, -0.15) is 13.2 Å². The van der Waals surface area contributed by atoms with Crippen LogP contribution in [0.2, 0.25) is 0 Å². The topological polar surface area (TPSA) is 46.6 Å². The summed E-state index contributed by atoms with van der Waals surface area (Å²) in [7, 11) is -2.04. The van der Waals surface area contributed by atoms with Crippen molar-refractivity contribution in [3.05, 3.63) is 29.8 Å². The van der Waals surface area contributed by atoms with Crippen molar-refractivity contribution in [3.63, 3.8) is 0 Å². The van der Waals surface area contributed by atoms with Crippen LogP contribution < -0.4 is 4.74 Å². The van der Waals surface area contributed by atoms with Crippen molar-refractivity contribution in [1.29, 1.82) is 0 Å². The Labute approximate surface area is 109 Å². The van der Waals surface area contributed by atoms with Crippen LogP contribution in [0, 0.1) is 0 Å². The fraction of sp³-hybridized carbons (Fsp3) is 0.455. The van der Waals surface area contributed by atoms with E-state index < -0.39 is 21.8 Å². The van der Waals surface area contributed by atoms with Gasteiger partial charge in [-0.25, -0.2) is 12.7 Å². The lowest BCUT2D eigenvalue weighted by Crippen LogP contribution is -2.30. The summed E-state index contributed by atoms with van der Waals surface area (Å²) in [6.45, 7) is -0.179. The Morgan fingerprint density at radius 1 is 1.26 bits per heavy atom. The van der Waals surface area contributed by atoms with Crippen LogP contribution in [0.25, 0.3) is 0 Å². The smallest absolute Gasteiger partial charge is 0.419 e. The molecule has 0 amide bonds. The van der Waals surface area contributed by atoms with Gasteiger partial charge in [0.25, 0.3) is 0 Å². The highest BCUT2D eigenvalue weighted by atomic mass is 32.2. The number of sulfonamides is 1. The van der Waals surface area contributed by atoms with Gasteiger partial charge >= 0.3 is 6.18 Å². The summed E-state index contributed by atoms with van der Waals surface area (Å²) in [4.78, 5) is 0. The zero-order chi connectivity index (χ0) is 14.7. The van der Waals surface area contributed by atoms with Gasteiger partial charge in [0, 0.05) is 13.6 Å². The molecule has 8 heteroatoms. The van der Waals surface area contributed by atoms with Gasteiger partial charge < -0.3 is 4.74 Å². The number of likely N-dealkylation sites (N-methyl/N-ethyl adjacent to an activating group) is 1. The van der Waals surface area contributed by atoms with E-state index >= 15 is 0 Å². The summed E-state index contributed by atoms with van der Waals surface area (Å²) >= 11 is 0. The molecule has 0 N–H and O–H groups in total. The first kappa shape index (κ1) is 15.8. The molecule has 1 aromatic rings. The molecule has 0 fully saturated rings. The summed E-state index contributed by atoms with van der Waals surface area (Å²) in [6, 6.07) is 4.79. The number of halogens is 3. The van der Waals surface area contributed by atoms with Crippen LogP contribution >= 0.6 is 0 Å². The van der Waals surface area contributed by atoms with Gasteiger partial charge in [-0.15, -0.1) is 0 Å². The van der Waals surface area contributed by atoms with Crippen molar-refractivity contribution < 1.29 is 26.3 Å². The predicted octanol–water partition coefficient (Wildman–Crippen LogP) is 1.98. The highest BCUT2D eigenvalue weighted by Gasteiger charge is 2.33. The summed E-state index contributed by atoms with van der Waals surface area (Å²) in [6.07, 6.45) is -3.49. The molecule has 1 rings (SSSR count). The van der Waals surface area contributed by atoms with Gasteiger partial charge in [-0.3, -0.25) is 0 Å². The number of benzene rings is 1. The maximum Gasteiger partial charge on any atom is 0.419 e. The number of ether oxygens (including phenoxy) is 1. The van der Waals surface area contributed by atoms with Gasteiger partial charge in [-0.1, -0.05) is 12.1 Å². The molecule has 0 aromatic heterocycles. The molecular formula is C11H14F3NO3S. The molecule has 0 radical (unpaired) electrons. The first-order valence-electron chi connectivity index (χ1n) is 5.32. The lowest BCUT2D eigenvalue weighted by atomic mass is 10.2. The summed E-state index contributed by atoms with van der Waals surface area (Å²) in [5.41, 5.74) is -0.878. The van der Waals surface area contributed by atoms with Crippen LogP contribution in [0.3, 0.4) is 0 Å². The molecule has 0 bridgehead atoms. The third kappa shape index (κ3) is 4.71. The third-order valence-electron chi connectivity index (χ3n) is 2.42.